The minimum Gasteiger partial charge on any atom is -0.343 e. The third-order valence-electron chi connectivity index (χ3n) is 7.70. The molecule has 2 aromatic rings. The van der Waals surface area contributed by atoms with E-state index in [1.165, 1.54) is 12.5 Å². The van der Waals surface area contributed by atoms with Crippen LogP contribution in [0.4, 0.5) is 15.9 Å². The number of halogens is 1. The molecule has 0 unspecified atom stereocenters. The lowest BCUT2D eigenvalue weighted by Gasteiger charge is -2.35. The quantitative estimate of drug-likeness (QED) is 0.570. The molecule has 1 saturated heterocycles. The second-order valence-electron chi connectivity index (χ2n) is 10.0. The maximum Gasteiger partial charge on any atom is 0.246 e. The maximum atomic E-state index is 14.4. The Hall–Kier alpha value is -3.00. The Labute approximate surface area is 213 Å². The molecule has 3 atom stereocenters. The molecule has 2 amide bonds. The number of carbonyl (C=O) groups is 2. The van der Waals surface area contributed by atoms with Gasteiger partial charge in [0.25, 0.3) is 0 Å². The van der Waals surface area contributed by atoms with E-state index in [1.54, 1.807) is 44.1 Å². The van der Waals surface area contributed by atoms with Crippen molar-refractivity contribution in [2.75, 3.05) is 25.5 Å². The van der Waals surface area contributed by atoms with Crippen molar-refractivity contribution in [2.24, 2.45) is 5.92 Å². The van der Waals surface area contributed by atoms with Gasteiger partial charge in [0.2, 0.25) is 11.8 Å². The van der Waals surface area contributed by atoms with E-state index >= 15 is 0 Å². The zero-order chi connectivity index (χ0) is 25.7. The van der Waals surface area contributed by atoms with E-state index in [0.29, 0.717) is 18.1 Å². The molecule has 0 spiro atoms. The minimum absolute atomic E-state index is 0.0179. The van der Waals surface area contributed by atoms with Crippen molar-refractivity contribution in [1.82, 2.24) is 20.5 Å². The summed E-state index contributed by atoms with van der Waals surface area (Å²) < 4.78 is 14.4. The fourth-order valence-corrected chi connectivity index (χ4v) is 5.43. The van der Waals surface area contributed by atoms with Gasteiger partial charge in [-0.25, -0.2) is 9.37 Å². The lowest BCUT2D eigenvalue weighted by atomic mass is 9.83. The van der Waals surface area contributed by atoms with Crippen molar-refractivity contribution in [2.45, 2.75) is 70.0 Å². The number of amides is 2. The molecular formula is C28H38FN5O2. The number of benzene rings is 1. The van der Waals surface area contributed by atoms with Crippen LogP contribution in [-0.2, 0) is 9.59 Å². The van der Waals surface area contributed by atoms with Crippen LogP contribution in [0.1, 0.15) is 63.6 Å². The van der Waals surface area contributed by atoms with E-state index in [4.69, 9.17) is 4.98 Å². The van der Waals surface area contributed by atoms with E-state index in [0.717, 1.165) is 44.2 Å². The second kappa shape index (κ2) is 11.8. The van der Waals surface area contributed by atoms with Gasteiger partial charge < -0.3 is 20.4 Å². The van der Waals surface area contributed by atoms with E-state index in [9.17, 15) is 14.0 Å². The summed E-state index contributed by atoms with van der Waals surface area (Å²) in [5.41, 5.74) is 1.24. The van der Waals surface area contributed by atoms with Gasteiger partial charge in [0.05, 0.1) is 23.5 Å². The number of anilines is 2. The van der Waals surface area contributed by atoms with Crippen molar-refractivity contribution in [3.05, 3.63) is 54.0 Å². The number of nitrogens with zero attached hydrogens (tertiary/aromatic N) is 3. The first-order chi connectivity index (χ1) is 17.4. The molecule has 2 N–H and O–H groups in total. The minimum atomic E-state index is -0.529. The molecule has 1 aromatic heterocycles. The lowest BCUT2D eigenvalue weighted by Crippen LogP contribution is -2.55. The lowest BCUT2D eigenvalue weighted by molar-refractivity contribution is -0.139. The van der Waals surface area contributed by atoms with Gasteiger partial charge in [0.1, 0.15) is 17.7 Å². The fraction of sp³-hybridized carbons (Fsp3) is 0.536. The zero-order valence-electron chi connectivity index (χ0n) is 21.5. The van der Waals surface area contributed by atoms with Crippen LogP contribution in [0.5, 0.6) is 0 Å². The summed E-state index contributed by atoms with van der Waals surface area (Å²) in [4.78, 5) is 35.2. The summed E-state index contributed by atoms with van der Waals surface area (Å²) >= 11 is 0. The van der Waals surface area contributed by atoms with Crippen molar-refractivity contribution >= 4 is 23.3 Å². The van der Waals surface area contributed by atoms with Crippen LogP contribution < -0.4 is 15.5 Å². The van der Waals surface area contributed by atoms with Crippen LogP contribution in [0.3, 0.4) is 0 Å². The molecule has 2 heterocycles. The third-order valence-corrected chi connectivity index (χ3v) is 7.70. The molecule has 0 radical (unpaired) electrons. The molecule has 2 aliphatic rings. The highest BCUT2D eigenvalue weighted by atomic mass is 19.1. The summed E-state index contributed by atoms with van der Waals surface area (Å²) in [6.45, 7) is 2.44. The van der Waals surface area contributed by atoms with Gasteiger partial charge >= 0.3 is 0 Å². The Kier molecular flexibility index (Phi) is 8.56. The number of rotatable bonds is 8. The topological polar surface area (TPSA) is 77.6 Å². The summed E-state index contributed by atoms with van der Waals surface area (Å²) in [6.07, 6.45) is 6.93. The summed E-state index contributed by atoms with van der Waals surface area (Å²) in [5.74, 6) is 0.287. The van der Waals surface area contributed by atoms with E-state index in [-0.39, 0.29) is 35.6 Å². The van der Waals surface area contributed by atoms with Crippen LogP contribution in [0.25, 0.3) is 0 Å². The first kappa shape index (κ1) is 26.1. The predicted molar refractivity (Wildman–Crippen MR) is 139 cm³/mol. The molecular weight excluding hydrogens is 457 g/mol. The van der Waals surface area contributed by atoms with Crippen LogP contribution in [0, 0.1) is 11.7 Å². The molecule has 8 heteroatoms. The number of nitrogens with one attached hydrogen (secondary N) is 2. The molecule has 1 saturated carbocycles. The molecule has 1 aliphatic carbocycles. The molecule has 1 aliphatic heterocycles. The van der Waals surface area contributed by atoms with Gasteiger partial charge in [-0.1, -0.05) is 37.5 Å². The molecule has 7 nitrogen and oxygen atoms in total. The number of hydrogen-bond donors (Lipinski definition) is 2. The maximum absolute atomic E-state index is 14.4. The van der Waals surface area contributed by atoms with Crippen molar-refractivity contribution in [1.29, 1.82) is 0 Å². The number of para-hydroxylation sites is 1. The normalized spacial score (nSPS) is 20.1. The van der Waals surface area contributed by atoms with Gasteiger partial charge in [0.15, 0.2) is 0 Å². The molecule has 4 rings (SSSR count). The number of pyridine rings is 1. The van der Waals surface area contributed by atoms with Crippen molar-refractivity contribution < 1.29 is 14.0 Å². The standard InChI is InChI=1S/C28H38FN5O2/c1-19(30-2)27(35)32-26(20-11-5-4-6-12-20)28(36)34-18-10-16-24(34)22-14-9-17-25(31-22)33(3)23-15-8-7-13-21(23)29/h7-9,13-15,17,19-20,24,26,30H,4-6,10-12,16,18H2,1-3H3,(H,32,35)/t19-,24+,26-/m0/s1. The Morgan fingerprint density at radius 1 is 1.06 bits per heavy atom. The third kappa shape index (κ3) is 5.69. The first-order valence-electron chi connectivity index (χ1n) is 13.1. The van der Waals surface area contributed by atoms with Crippen LogP contribution in [0.15, 0.2) is 42.5 Å². The molecule has 2 fully saturated rings. The average molecular weight is 496 g/mol. The largest absolute Gasteiger partial charge is 0.343 e. The van der Waals surface area contributed by atoms with E-state index < -0.39 is 6.04 Å². The fourth-order valence-electron chi connectivity index (χ4n) is 5.43. The Morgan fingerprint density at radius 2 is 1.81 bits per heavy atom. The summed E-state index contributed by atoms with van der Waals surface area (Å²) in [6, 6.07) is 11.2. The Bertz CT molecular complexity index is 1060. The first-order valence-corrected chi connectivity index (χ1v) is 13.1. The Morgan fingerprint density at radius 3 is 2.53 bits per heavy atom. The van der Waals surface area contributed by atoms with Crippen molar-refractivity contribution in [3.8, 4) is 0 Å². The predicted octanol–water partition coefficient (Wildman–Crippen LogP) is 4.33. The van der Waals surface area contributed by atoms with Crippen LogP contribution in [-0.4, -0.2) is 54.4 Å². The Balaban J connectivity index is 1.57. The van der Waals surface area contributed by atoms with Gasteiger partial charge in [-0.3, -0.25) is 9.59 Å². The van der Waals surface area contributed by atoms with Gasteiger partial charge in [-0.05, 0) is 69.8 Å². The monoisotopic (exact) mass is 495 g/mol. The van der Waals surface area contributed by atoms with Gasteiger partial charge in [0, 0.05) is 13.6 Å². The van der Waals surface area contributed by atoms with E-state index in [1.807, 2.05) is 23.1 Å². The SMILES string of the molecule is CN[C@@H](C)C(=O)N[C@H](C(=O)N1CCC[C@@H]1c1cccc(N(C)c2ccccc2F)n1)C1CCCCC1. The van der Waals surface area contributed by atoms with Crippen LogP contribution in [0.2, 0.25) is 0 Å². The van der Waals surface area contributed by atoms with Gasteiger partial charge in [-0.2, -0.15) is 0 Å². The molecule has 0 bridgehead atoms. The zero-order valence-corrected chi connectivity index (χ0v) is 21.5. The van der Waals surface area contributed by atoms with E-state index in [2.05, 4.69) is 10.6 Å². The second-order valence-corrected chi connectivity index (χ2v) is 10.0. The van der Waals surface area contributed by atoms with Crippen molar-refractivity contribution in [3.63, 3.8) is 0 Å². The smallest absolute Gasteiger partial charge is 0.246 e. The van der Waals surface area contributed by atoms with Crippen LogP contribution >= 0.6 is 0 Å². The highest BCUT2D eigenvalue weighted by molar-refractivity contribution is 5.90. The number of aromatic nitrogens is 1. The molecule has 194 valence electrons. The average Bonchev–Trinajstić information content (AvgIpc) is 3.41. The summed E-state index contributed by atoms with van der Waals surface area (Å²) in [7, 11) is 3.54. The molecule has 1 aromatic carbocycles. The summed E-state index contributed by atoms with van der Waals surface area (Å²) in [5, 5.41) is 6.05. The highest BCUT2D eigenvalue weighted by Gasteiger charge is 2.39. The van der Waals surface area contributed by atoms with Gasteiger partial charge in [-0.15, -0.1) is 0 Å². The molecule has 36 heavy (non-hydrogen) atoms. The number of likely N-dealkylation sites (N-methyl/N-ethyl adjacent to an activating group) is 1. The number of likely N-dealkylation sites (tertiary alicyclic amines) is 1. The highest BCUT2D eigenvalue weighted by Crippen LogP contribution is 2.35. The number of carbonyl (C=O) groups excluding carboxylic acids is 2. The number of hydrogen-bond acceptors (Lipinski definition) is 5.